The van der Waals surface area contributed by atoms with Crippen molar-refractivity contribution in [3.05, 3.63) is 92.2 Å². The average molecular weight is 518 g/mol. The van der Waals surface area contributed by atoms with Crippen molar-refractivity contribution in [2.75, 3.05) is 11.9 Å². The van der Waals surface area contributed by atoms with Gasteiger partial charge >= 0.3 is 12.0 Å². The molecule has 0 spiro atoms. The molecule has 4 aromatic rings. The molecule has 1 atom stereocenters. The van der Waals surface area contributed by atoms with E-state index in [-0.39, 0.29) is 18.7 Å². The molecule has 184 valence electrons. The number of para-hydroxylation sites is 1. The minimum Gasteiger partial charge on any atom is -0.462 e. The van der Waals surface area contributed by atoms with Crippen LogP contribution in [0.3, 0.4) is 0 Å². The summed E-state index contributed by atoms with van der Waals surface area (Å²) in [4.78, 5) is 31.1. The van der Waals surface area contributed by atoms with Crippen LogP contribution in [-0.4, -0.2) is 28.1 Å². The third-order valence-electron chi connectivity index (χ3n) is 6.92. The first kappa shape index (κ1) is 23.1. The van der Waals surface area contributed by atoms with Gasteiger partial charge in [-0.15, -0.1) is 22.7 Å². The quantitative estimate of drug-likeness (QED) is 0.303. The fourth-order valence-electron chi connectivity index (χ4n) is 5.30. The summed E-state index contributed by atoms with van der Waals surface area (Å²) in [5.74, 6) is -0.442. The van der Waals surface area contributed by atoms with E-state index in [4.69, 9.17) is 4.74 Å². The van der Waals surface area contributed by atoms with E-state index in [0.29, 0.717) is 17.8 Å². The Morgan fingerprint density at radius 3 is 2.75 bits per heavy atom. The number of carbonyl (C=O) groups excluding carboxylic acids is 2. The Kier molecular flexibility index (Phi) is 6.15. The Balaban J connectivity index is 1.44. The van der Waals surface area contributed by atoms with Crippen LogP contribution in [-0.2, 0) is 24.1 Å². The number of carbonyl (C=O) groups is 2. The lowest BCUT2D eigenvalue weighted by molar-refractivity contribution is 0.0527. The zero-order valence-electron chi connectivity index (χ0n) is 20.0. The summed E-state index contributed by atoms with van der Waals surface area (Å²) in [6, 6.07) is 14.9. The number of benzene rings is 1. The van der Waals surface area contributed by atoms with Crippen molar-refractivity contribution in [1.29, 1.82) is 0 Å². The number of thiophene rings is 2. The summed E-state index contributed by atoms with van der Waals surface area (Å²) in [7, 11) is 0. The third-order valence-corrected chi connectivity index (χ3v) is 9.17. The summed E-state index contributed by atoms with van der Waals surface area (Å²) < 4.78 is 7.51. The van der Waals surface area contributed by atoms with Crippen LogP contribution < -0.4 is 5.32 Å². The van der Waals surface area contributed by atoms with E-state index in [9.17, 15) is 9.59 Å². The topological polar surface area (TPSA) is 63.6 Å². The Morgan fingerprint density at radius 2 is 1.92 bits per heavy atom. The molecule has 8 heteroatoms. The second-order valence-corrected chi connectivity index (χ2v) is 11.1. The molecule has 1 aliphatic carbocycles. The molecular formula is C28H27N3O3S2. The highest BCUT2D eigenvalue weighted by atomic mass is 32.1. The molecular weight excluding hydrogens is 490 g/mol. The number of fused-ring (bicyclic) bond motifs is 5. The monoisotopic (exact) mass is 517 g/mol. The molecule has 36 heavy (non-hydrogen) atoms. The number of nitrogens with one attached hydrogen (secondary N) is 1. The number of hydrogen-bond donors (Lipinski definition) is 1. The maximum atomic E-state index is 14.1. The third kappa shape index (κ3) is 3.94. The first-order valence-electron chi connectivity index (χ1n) is 12.3. The van der Waals surface area contributed by atoms with E-state index in [1.165, 1.54) is 33.8 Å². The van der Waals surface area contributed by atoms with Crippen molar-refractivity contribution in [2.45, 2.75) is 45.2 Å². The summed E-state index contributed by atoms with van der Waals surface area (Å²) in [5.41, 5.74) is 4.55. The average Bonchev–Trinajstić information content (AvgIpc) is 3.64. The molecule has 1 N–H and O–H groups in total. The van der Waals surface area contributed by atoms with Crippen molar-refractivity contribution < 1.29 is 14.3 Å². The van der Waals surface area contributed by atoms with Gasteiger partial charge in [-0.05, 0) is 73.9 Å². The fraction of sp³-hybridized carbons (Fsp3) is 0.286. The van der Waals surface area contributed by atoms with Gasteiger partial charge in [0.2, 0.25) is 0 Å². The highest BCUT2D eigenvalue weighted by molar-refractivity contribution is 7.15. The van der Waals surface area contributed by atoms with Crippen LogP contribution in [0.5, 0.6) is 0 Å². The Morgan fingerprint density at radius 1 is 1.06 bits per heavy atom. The molecule has 0 bridgehead atoms. The van der Waals surface area contributed by atoms with Crippen molar-refractivity contribution in [3.8, 4) is 5.00 Å². The largest absolute Gasteiger partial charge is 0.462 e. The highest BCUT2D eigenvalue weighted by Gasteiger charge is 2.36. The first-order chi connectivity index (χ1) is 17.7. The molecule has 0 unspecified atom stereocenters. The van der Waals surface area contributed by atoms with Gasteiger partial charge in [-0.25, -0.2) is 9.59 Å². The number of rotatable bonds is 4. The Labute approximate surface area is 218 Å². The first-order valence-corrected chi connectivity index (χ1v) is 14.0. The van der Waals surface area contributed by atoms with Crippen molar-refractivity contribution in [1.82, 2.24) is 9.47 Å². The molecule has 4 heterocycles. The Hall–Kier alpha value is -3.36. The van der Waals surface area contributed by atoms with E-state index >= 15 is 0 Å². The van der Waals surface area contributed by atoms with E-state index in [0.717, 1.165) is 23.4 Å². The molecule has 0 saturated heterocycles. The minimum atomic E-state index is -0.442. The number of nitrogens with zero attached hydrogens (tertiary/aromatic N) is 2. The second-order valence-electron chi connectivity index (χ2n) is 9.04. The summed E-state index contributed by atoms with van der Waals surface area (Å²) in [5, 5.41) is 6.33. The van der Waals surface area contributed by atoms with E-state index in [1.807, 2.05) is 28.4 Å². The molecule has 0 radical (unpaired) electrons. The van der Waals surface area contributed by atoms with E-state index < -0.39 is 5.97 Å². The lowest BCUT2D eigenvalue weighted by Crippen LogP contribution is -2.38. The number of esters is 1. The highest BCUT2D eigenvalue weighted by Crippen LogP contribution is 2.44. The van der Waals surface area contributed by atoms with E-state index in [2.05, 4.69) is 39.7 Å². The van der Waals surface area contributed by atoms with Gasteiger partial charge in [-0.1, -0.05) is 18.2 Å². The second kappa shape index (κ2) is 9.59. The van der Waals surface area contributed by atoms with Crippen molar-refractivity contribution in [3.63, 3.8) is 0 Å². The van der Waals surface area contributed by atoms with Gasteiger partial charge in [0, 0.05) is 21.5 Å². The van der Waals surface area contributed by atoms with Crippen LogP contribution in [0.4, 0.5) is 10.5 Å². The molecule has 1 aliphatic heterocycles. The number of anilines is 1. The SMILES string of the molecule is CCOC(=O)c1ccccc1NC(=O)N1Cc2c(sc3c2CCCC3)-n2cccc2[C@H]1c1cccs1. The van der Waals surface area contributed by atoms with Gasteiger partial charge in [0.05, 0.1) is 30.1 Å². The molecule has 3 aromatic heterocycles. The standard InChI is InChI=1S/C28H27N3O3S2/c1-2-34-27(32)19-10-3-5-11-21(19)29-28(33)31-17-20-18-9-4-6-13-23(18)36-26(20)30-15-7-12-22(30)25(31)24-14-8-16-35-24/h3,5,7-8,10-12,14-16,25H,2,4,6,9,13,17H2,1H3,(H,29,33)/t25-/m0/s1. The lowest BCUT2D eigenvalue weighted by atomic mass is 9.95. The van der Waals surface area contributed by atoms with Crippen LogP contribution in [0, 0.1) is 0 Å². The zero-order chi connectivity index (χ0) is 24.6. The normalized spacial score (nSPS) is 16.5. The smallest absolute Gasteiger partial charge is 0.340 e. The summed E-state index contributed by atoms with van der Waals surface area (Å²) in [6.45, 7) is 2.56. The maximum absolute atomic E-state index is 14.1. The number of hydrogen-bond acceptors (Lipinski definition) is 5. The summed E-state index contributed by atoms with van der Waals surface area (Å²) in [6.07, 6.45) is 6.69. The fourth-order valence-corrected chi connectivity index (χ4v) is 7.55. The lowest BCUT2D eigenvalue weighted by Gasteiger charge is -2.30. The Bertz CT molecular complexity index is 1420. The van der Waals surface area contributed by atoms with Crippen LogP contribution >= 0.6 is 22.7 Å². The molecule has 1 aromatic carbocycles. The van der Waals surface area contributed by atoms with Crippen LogP contribution in [0.25, 0.3) is 5.00 Å². The predicted molar refractivity (Wildman–Crippen MR) is 143 cm³/mol. The maximum Gasteiger partial charge on any atom is 0.340 e. The van der Waals surface area contributed by atoms with Gasteiger partial charge in [-0.2, -0.15) is 0 Å². The van der Waals surface area contributed by atoms with Crippen molar-refractivity contribution in [2.24, 2.45) is 0 Å². The number of urea groups is 1. The van der Waals surface area contributed by atoms with Crippen LogP contribution in [0.2, 0.25) is 0 Å². The molecule has 2 aliphatic rings. The van der Waals surface area contributed by atoms with Gasteiger partial charge in [0.1, 0.15) is 11.0 Å². The van der Waals surface area contributed by atoms with Crippen LogP contribution in [0.15, 0.2) is 60.1 Å². The molecule has 0 saturated carbocycles. The molecule has 2 amide bonds. The number of aromatic nitrogens is 1. The predicted octanol–water partition coefficient (Wildman–Crippen LogP) is 6.79. The molecule has 0 fully saturated rings. The molecule has 6 rings (SSSR count). The van der Waals surface area contributed by atoms with Gasteiger partial charge in [-0.3, -0.25) is 0 Å². The number of amides is 2. The van der Waals surface area contributed by atoms with Gasteiger partial charge in [0.15, 0.2) is 0 Å². The van der Waals surface area contributed by atoms with E-state index in [1.54, 1.807) is 36.5 Å². The van der Waals surface area contributed by atoms with Crippen molar-refractivity contribution >= 4 is 40.4 Å². The van der Waals surface area contributed by atoms with Gasteiger partial charge < -0.3 is 19.5 Å². The zero-order valence-corrected chi connectivity index (χ0v) is 21.7. The minimum absolute atomic E-state index is 0.235. The number of ether oxygens (including phenoxy) is 1. The summed E-state index contributed by atoms with van der Waals surface area (Å²) >= 11 is 3.53. The molecule has 6 nitrogen and oxygen atoms in total. The number of aryl methyl sites for hydroxylation is 1. The van der Waals surface area contributed by atoms with Gasteiger partial charge in [0.25, 0.3) is 0 Å². The van der Waals surface area contributed by atoms with Crippen LogP contribution in [0.1, 0.15) is 62.7 Å².